The van der Waals surface area contributed by atoms with Gasteiger partial charge < -0.3 is 24.6 Å². The van der Waals surface area contributed by atoms with Gasteiger partial charge in [0.05, 0.1) is 26.4 Å². The molecule has 3 atom stereocenters. The van der Waals surface area contributed by atoms with Crippen LogP contribution in [0.5, 0.6) is 0 Å². The minimum atomic E-state index is -4.49. The van der Waals surface area contributed by atoms with Crippen LogP contribution in [0.4, 0.5) is 0 Å². The van der Waals surface area contributed by atoms with Gasteiger partial charge in [0.2, 0.25) is 0 Å². The molecule has 0 aromatic rings. The monoisotopic (exact) mass is 608 g/mol. The van der Waals surface area contributed by atoms with E-state index >= 15 is 0 Å². The van der Waals surface area contributed by atoms with Crippen LogP contribution in [0.1, 0.15) is 136 Å². The number of rotatable bonds is 31. The van der Waals surface area contributed by atoms with Crippen molar-refractivity contribution < 1.29 is 43.0 Å². The number of allylic oxidation sites excluding steroid dienone is 2. The summed E-state index contributed by atoms with van der Waals surface area (Å²) >= 11 is 0. The second-order valence-corrected chi connectivity index (χ2v) is 12.3. The summed E-state index contributed by atoms with van der Waals surface area (Å²) in [5.74, 6) is -0.393. The van der Waals surface area contributed by atoms with Crippen molar-refractivity contribution in [2.75, 3.05) is 33.0 Å². The van der Waals surface area contributed by atoms with Crippen LogP contribution < -0.4 is 0 Å². The number of hydrogen-bond donors (Lipinski definition) is 3. The van der Waals surface area contributed by atoms with Gasteiger partial charge >= 0.3 is 13.8 Å². The molecule has 0 heterocycles. The Morgan fingerprint density at radius 2 is 1.24 bits per heavy atom. The Hall–Kier alpha value is -0.800. The normalized spacial score (nSPS) is 14.8. The average Bonchev–Trinajstić information content (AvgIpc) is 2.96. The number of carbonyl (C=O) groups excluding carboxylic acids is 1. The summed E-state index contributed by atoms with van der Waals surface area (Å²) < 4.78 is 32.9. The van der Waals surface area contributed by atoms with E-state index < -0.39 is 39.2 Å². The zero-order valence-electron chi connectivity index (χ0n) is 26.0. The van der Waals surface area contributed by atoms with E-state index in [0.717, 1.165) is 44.9 Å². The number of phosphoric ester groups is 1. The number of ether oxygens (including phenoxy) is 2. The Morgan fingerprint density at radius 3 is 1.88 bits per heavy atom. The van der Waals surface area contributed by atoms with Gasteiger partial charge in [0.25, 0.3) is 0 Å². The van der Waals surface area contributed by atoms with Gasteiger partial charge in [-0.25, -0.2) is 4.57 Å². The number of esters is 1. The lowest BCUT2D eigenvalue weighted by atomic mass is 10.1. The van der Waals surface area contributed by atoms with Crippen molar-refractivity contribution in [3.63, 3.8) is 0 Å². The van der Waals surface area contributed by atoms with Crippen LogP contribution in [0.2, 0.25) is 0 Å². The molecular formula is C31H61O9P. The van der Waals surface area contributed by atoms with Gasteiger partial charge in [0, 0.05) is 13.0 Å². The molecule has 41 heavy (non-hydrogen) atoms. The van der Waals surface area contributed by atoms with E-state index in [1.54, 1.807) is 0 Å². The standard InChI is InChI=1S/C31H61O9P/c1-3-5-7-9-11-12-13-14-15-16-18-20-22-24-37-27-30(28-39-41(35,36)38-26-29(33)25-32)40-31(34)23-21-19-17-10-8-6-4-2/h11-12,29-30,32-33H,3-10,13-28H2,1-2H3,(H,35,36)/b12-11-. The molecule has 0 aliphatic carbocycles. The van der Waals surface area contributed by atoms with Crippen molar-refractivity contribution in [2.45, 2.75) is 148 Å². The van der Waals surface area contributed by atoms with Crippen LogP contribution in [-0.2, 0) is 27.9 Å². The summed E-state index contributed by atoms with van der Waals surface area (Å²) in [5.41, 5.74) is 0. The van der Waals surface area contributed by atoms with Crippen molar-refractivity contribution in [2.24, 2.45) is 0 Å². The Kier molecular flexibility index (Phi) is 28.7. The molecule has 3 N–H and O–H groups in total. The van der Waals surface area contributed by atoms with E-state index in [1.165, 1.54) is 70.6 Å². The van der Waals surface area contributed by atoms with Crippen LogP contribution >= 0.6 is 7.82 Å². The third-order valence-corrected chi connectivity index (χ3v) is 7.65. The lowest BCUT2D eigenvalue weighted by molar-refractivity contribution is -0.154. The zero-order valence-corrected chi connectivity index (χ0v) is 26.9. The second-order valence-electron chi connectivity index (χ2n) is 10.8. The maximum atomic E-state index is 12.4. The van der Waals surface area contributed by atoms with Crippen molar-refractivity contribution in [3.05, 3.63) is 12.2 Å². The highest BCUT2D eigenvalue weighted by atomic mass is 31.2. The van der Waals surface area contributed by atoms with Crippen LogP contribution in [0, 0.1) is 0 Å². The third-order valence-electron chi connectivity index (χ3n) is 6.70. The first-order valence-electron chi connectivity index (χ1n) is 16.2. The van der Waals surface area contributed by atoms with E-state index in [2.05, 4.69) is 30.5 Å². The molecule has 0 amide bonds. The number of unbranched alkanes of at least 4 members (excludes halogenated alkanes) is 15. The zero-order chi connectivity index (χ0) is 30.4. The average molecular weight is 609 g/mol. The molecule has 0 spiro atoms. The largest absolute Gasteiger partial charge is 0.472 e. The third kappa shape index (κ3) is 29.1. The number of aliphatic hydroxyl groups is 2. The van der Waals surface area contributed by atoms with Crippen LogP contribution in [-0.4, -0.2) is 66.3 Å². The SMILES string of the molecule is CCCCC/C=C\CCCCCCCCOCC(COP(=O)(O)OCC(O)CO)OC(=O)CCCCCCCCC. The topological polar surface area (TPSA) is 132 Å². The molecule has 0 saturated heterocycles. The maximum Gasteiger partial charge on any atom is 0.472 e. The van der Waals surface area contributed by atoms with E-state index in [1.807, 2.05) is 0 Å². The molecule has 0 rings (SSSR count). The van der Waals surface area contributed by atoms with Gasteiger partial charge in [-0.3, -0.25) is 13.8 Å². The molecule has 0 aliphatic heterocycles. The summed E-state index contributed by atoms with van der Waals surface area (Å²) in [5, 5.41) is 18.2. The molecule has 0 aromatic carbocycles. The summed E-state index contributed by atoms with van der Waals surface area (Å²) in [7, 11) is -4.49. The second kappa shape index (κ2) is 29.3. The molecule has 0 radical (unpaired) electrons. The molecule has 0 aliphatic rings. The minimum absolute atomic E-state index is 0.0482. The van der Waals surface area contributed by atoms with E-state index in [4.69, 9.17) is 19.1 Å². The molecule has 0 aromatic heterocycles. The summed E-state index contributed by atoms with van der Waals surface area (Å²) in [6.45, 7) is 3.41. The highest BCUT2D eigenvalue weighted by molar-refractivity contribution is 7.47. The molecule has 0 bridgehead atoms. The van der Waals surface area contributed by atoms with E-state index in [9.17, 15) is 19.4 Å². The van der Waals surface area contributed by atoms with Gasteiger partial charge in [0.15, 0.2) is 0 Å². The van der Waals surface area contributed by atoms with Crippen LogP contribution in [0.25, 0.3) is 0 Å². The van der Waals surface area contributed by atoms with Crippen LogP contribution in [0.15, 0.2) is 12.2 Å². The summed E-state index contributed by atoms with van der Waals surface area (Å²) in [6.07, 6.45) is 23.3. The first-order chi connectivity index (χ1) is 19.8. The van der Waals surface area contributed by atoms with Gasteiger partial charge in [0.1, 0.15) is 12.2 Å². The van der Waals surface area contributed by atoms with Crippen LogP contribution in [0.3, 0.4) is 0 Å². The van der Waals surface area contributed by atoms with Gasteiger partial charge in [-0.15, -0.1) is 0 Å². The molecular weight excluding hydrogens is 547 g/mol. The molecule has 0 saturated carbocycles. The first-order valence-corrected chi connectivity index (χ1v) is 17.7. The van der Waals surface area contributed by atoms with Crippen molar-refractivity contribution in [3.8, 4) is 0 Å². The summed E-state index contributed by atoms with van der Waals surface area (Å²) in [4.78, 5) is 22.2. The fourth-order valence-corrected chi connectivity index (χ4v) is 4.96. The van der Waals surface area contributed by atoms with Gasteiger partial charge in [-0.05, 0) is 38.5 Å². The molecule has 0 fully saturated rings. The molecule has 9 nitrogen and oxygen atoms in total. The Balaban J connectivity index is 4.26. The van der Waals surface area contributed by atoms with E-state index in [0.29, 0.717) is 6.61 Å². The van der Waals surface area contributed by atoms with Gasteiger partial charge in [-0.2, -0.15) is 0 Å². The number of hydrogen-bond acceptors (Lipinski definition) is 8. The quantitative estimate of drug-likeness (QED) is 0.0318. The summed E-state index contributed by atoms with van der Waals surface area (Å²) in [6, 6.07) is 0. The number of phosphoric acid groups is 1. The minimum Gasteiger partial charge on any atom is -0.457 e. The maximum absolute atomic E-state index is 12.4. The predicted octanol–water partition coefficient (Wildman–Crippen LogP) is 7.41. The lowest BCUT2D eigenvalue weighted by Gasteiger charge is -2.20. The smallest absolute Gasteiger partial charge is 0.457 e. The highest BCUT2D eigenvalue weighted by Crippen LogP contribution is 2.43. The van der Waals surface area contributed by atoms with Crippen molar-refractivity contribution >= 4 is 13.8 Å². The molecule has 10 heteroatoms. The molecule has 244 valence electrons. The fourth-order valence-electron chi connectivity index (χ4n) is 4.17. The molecule has 3 unspecified atom stereocenters. The van der Waals surface area contributed by atoms with Gasteiger partial charge in [-0.1, -0.05) is 103 Å². The first kappa shape index (κ1) is 40.2. The van der Waals surface area contributed by atoms with Crippen molar-refractivity contribution in [1.82, 2.24) is 0 Å². The number of carbonyl (C=O) groups is 1. The highest BCUT2D eigenvalue weighted by Gasteiger charge is 2.26. The number of aliphatic hydroxyl groups excluding tert-OH is 2. The lowest BCUT2D eigenvalue weighted by Crippen LogP contribution is -2.29. The predicted molar refractivity (Wildman–Crippen MR) is 164 cm³/mol. The Morgan fingerprint density at radius 1 is 0.732 bits per heavy atom. The Labute approximate surface area is 250 Å². The fraction of sp³-hybridized carbons (Fsp3) is 0.903. The Bertz CT molecular complexity index is 659. The van der Waals surface area contributed by atoms with Crippen molar-refractivity contribution in [1.29, 1.82) is 0 Å². The van der Waals surface area contributed by atoms with E-state index in [-0.39, 0.29) is 19.6 Å².